The molecule has 18 heavy (non-hydrogen) atoms. The van der Waals surface area contributed by atoms with Gasteiger partial charge in [-0.15, -0.1) is 11.3 Å². The predicted molar refractivity (Wildman–Crippen MR) is 65.7 cm³/mol. The average molecular weight is 278 g/mol. The molecule has 1 aliphatic rings. The first-order valence-corrected chi connectivity index (χ1v) is 6.80. The SMILES string of the molecule is CC(C)(C)c1nc(C(F)(F)F)sc1CNC1CC1. The summed E-state index contributed by atoms with van der Waals surface area (Å²) in [5.41, 5.74) is 0.202. The van der Waals surface area contributed by atoms with Gasteiger partial charge in [-0.25, -0.2) is 4.98 Å². The van der Waals surface area contributed by atoms with Gasteiger partial charge < -0.3 is 5.32 Å². The standard InChI is InChI=1S/C12H17F3N2S/c1-11(2,3)9-8(6-16-7-4-5-7)18-10(17-9)12(13,14)15/h7,16H,4-6H2,1-3H3. The van der Waals surface area contributed by atoms with Crippen LogP contribution in [0.25, 0.3) is 0 Å². The predicted octanol–water partition coefficient (Wildman–Crippen LogP) is 3.71. The minimum absolute atomic E-state index is 0.361. The molecule has 0 atom stereocenters. The second-order valence-corrected chi connectivity index (χ2v) is 6.78. The smallest absolute Gasteiger partial charge is 0.309 e. The molecule has 1 saturated carbocycles. The second-order valence-electron chi connectivity index (χ2n) is 5.69. The molecule has 1 aliphatic carbocycles. The second kappa shape index (κ2) is 4.49. The summed E-state index contributed by atoms with van der Waals surface area (Å²) < 4.78 is 38.1. The highest BCUT2D eigenvalue weighted by molar-refractivity contribution is 7.11. The molecule has 0 radical (unpaired) electrons. The molecular weight excluding hydrogens is 261 g/mol. The Morgan fingerprint density at radius 2 is 1.89 bits per heavy atom. The third-order valence-corrected chi connectivity index (χ3v) is 3.88. The normalized spacial score (nSPS) is 17.2. The molecule has 0 aliphatic heterocycles. The molecule has 0 amide bonds. The molecular formula is C12H17F3N2S. The van der Waals surface area contributed by atoms with E-state index >= 15 is 0 Å². The van der Waals surface area contributed by atoms with Crippen LogP contribution in [-0.4, -0.2) is 11.0 Å². The molecule has 0 bridgehead atoms. The van der Waals surface area contributed by atoms with Crippen LogP contribution < -0.4 is 5.32 Å². The van der Waals surface area contributed by atoms with E-state index in [1.54, 1.807) is 0 Å². The third-order valence-electron chi connectivity index (χ3n) is 2.78. The minimum atomic E-state index is -4.34. The Morgan fingerprint density at radius 3 is 2.33 bits per heavy atom. The fourth-order valence-electron chi connectivity index (χ4n) is 1.70. The van der Waals surface area contributed by atoms with Crippen molar-refractivity contribution in [3.05, 3.63) is 15.6 Å². The van der Waals surface area contributed by atoms with E-state index in [1.165, 1.54) is 0 Å². The molecule has 2 rings (SSSR count). The first kappa shape index (κ1) is 13.8. The highest BCUT2D eigenvalue weighted by Crippen LogP contribution is 2.38. The molecule has 1 heterocycles. The van der Waals surface area contributed by atoms with E-state index in [0.717, 1.165) is 24.2 Å². The molecule has 2 nitrogen and oxygen atoms in total. The molecule has 0 spiro atoms. The van der Waals surface area contributed by atoms with Crippen molar-refractivity contribution in [3.8, 4) is 0 Å². The number of nitrogens with one attached hydrogen (secondary N) is 1. The van der Waals surface area contributed by atoms with Crippen LogP contribution in [0, 0.1) is 0 Å². The van der Waals surface area contributed by atoms with Gasteiger partial charge in [0.15, 0.2) is 5.01 Å². The Hall–Kier alpha value is -0.620. The summed E-state index contributed by atoms with van der Waals surface area (Å²) in [7, 11) is 0. The maximum Gasteiger partial charge on any atom is 0.443 e. The maximum atomic E-state index is 12.7. The first-order valence-electron chi connectivity index (χ1n) is 5.98. The summed E-state index contributed by atoms with van der Waals surface area (Å²) in [5, 5.41) is 2.52. The van der Waals surface area contributed by atoms with Gasteiger partial charge in [-0.3, -0.25) is 0 Å². The number of halogens is 3. The zero-order valence-corrected chi connectivity index (χ0v) is 11.5. The van der Waals surface area contributed by atoms with Crippen molar-refractivity contribution in [2.75, 3.05) is 0 Å². The Bertz CT molecular complexity index is 428. The quantitative estimate of drug-likeness (QED) is 0.911. The Morgan fingerprint density at radius 1 is 1.28 bits per heavy atom. The van der Waals surface area contributed by atoms with Crippen molar-refractivity contribution < 1.29 is 13.2 Å². The Kier molecular flexibility index (Phi) is 3.44. The van der Waals surface area contributed by atoms with Crippen LogP contribution in [0.1, 0.15) is 49.2 Å². The van der Waals surface area contributed by atoms with Gasteiger partial charge in [-0.2, -0.15) is 13.2 Å². The summed E-state index contributed by atoms with van der Waals surface area (Å²) in [6.07, 6.45) is -2.10. The molecule has 0 saturated heterocycles. The van der Waals surface area contributed by atoms with Crippen molar-refractivity contribution >= 4 is 11.3 Å². The topological polar surface area (TPSA) is 24.9 Å². The Balaban J connectivity index is 2.26. The van der Waals surface area contributed by atoms with Crippen LogP contribution in [0.4, 0.5) is 13.2 Å². The summed E-state index contributed by atoms with van der Waals surface area (Å²) >= 11 is 0.764. The number of rotatable bonds is 3. The van der Waals surface area contributed by atoms with Crippen LogP contribution in [-0.2, 0) is 18.1 Å². The fourth-order valence-corrected chi connectivity index (χ4v) is 2.79. The molecule has 1 aromatic rings. The van der Waals surface area contributed by atoms with Crippen LogP contribution in [0.5, 0.6) is 0 Å². The van der Waals surface area contributed by atoms with Crippen molar-refractivity contribution in [1.29, 1.82) is 0 Å². The number of hydrogen-bond donors (Lipinski definition) is 1. The zero-order chi connectivity index (χ0) is 13.6. The van der Waals surface area contributed by atoms with Gasteiger partial charge >= 0.3 is 6.18 Å². The van der Waals surface area contributed by atoms with Crippen molar-refractivity contribution in [3.63, 3.8) is 0 Å². The molecule has 6 heteroatoms. The van der Waals surface area contributed by atoms with Crippen LogP contribution in [0.3, 0.4) is 0 Å². The number of hydrogen-bond acceptors (Lipinski definition) is 3. The van der Waals surface area contributed by atoms with Crippen molar-refractivity contribution in [1.82, 2.24) is 10.3 Å². The number of nitrogens with zero attached hydrogens (tertiary/aromatic N) is 1. The third kappa shape index (κ3) is 3.23. The monoisotopic (exact) mass is 278 g/mol. The molecule has 102 valence electrons. The van der Waals surface area contributed by atoms with E-state index < -0.39 is 11.2 Å². The van der Waals surface area contributed by atoms with Crippen LogP contribution >= 0.6 is 11.3 Å². The highest BCUT2D eigenvalue weighted by atomic mass is 32.1. The molecule has 1 fully saturated rings. The molecule has 0 unspecified atom stereocenters. The van der Waals surface area contributed by atoms with E-state index in [-0.39, 0.29) is 5.41 Å². The fraction of sp³-hybridized carbons (Fsp3) is 0.750. The van der Waals surface area contributed by atoms with Gasteiger partial charge in [0.25, 0.3) is 0 Å². The number of aromatic nitrogens is 1. The largest absolute Gasteiger partial charge is 0.443 e. The first-order chi connectivity index (χ1) is 8.18. The van der Waals surface area contributed by atoms with Crippen molar-refractivity contribution in [2.45, 2.75) is 57.8 Å². The van der Waals surface area contributed by atoms with Gasteiger partial charge in [-0.05, 0) is 12.8 Å². The lowest BCUT2D eigenvalue weighted by atomic mass is 9.91. The molecule has 1 N–H and O–H groups in total. The van der Waals surface area contributed by atoms with Gasteiger partial charge in [-0.1, -0.05) is 20.8 Å². The number of thiazole rings is 1. The van der Waals surface area contributed by atoms with Gasteiger partial charge in [0.05, 0.1) is 5.69 Å². The summed E-state index contributed by atoms with van der Waals surface area (Å²) in [4.78, 5) is 4.51. The van der Waals surface area contributed by atoms with Gasteiger partial charge in [0.2, 0.25) is 0 Å². The minimum Gasteiger partial charge on any atom is -0.309 e. The van der Waals surface area contributed by atoms with Gasteiger partial charge in [0, 0.05) is 22.9 Å². The average Bonchev–Trinajstić information content (AvgIpc) is 2.89. The number of alkyl halides is 3. The van der Waals surface area contributed by atoms with Crippen LogP contribution in [0.2, 0.25) is 0 Å². The molecule has 1 aromatic heterocycles. The summed E-state index contributed by atoms with van der Waals surface area (Å²) in [6.45, 7) is 6.17. The van der Waals surface area contributed by atoms with E-state index in [2.05, 4.69) is 10.3 Å². The lowest BCUT2D eigenvalue weighted by Crippen LogP contribution is -2.20. The zero-order valence-electron chi connectivity index (χ0n) is 10.7. The lowest BCUT2D eigenvalue weighted by molar-refractivity contribution is -0.137. The van der Waals surface area contributed by atoms with Gasteiger partial charge in [0.1, 0.15) is 0 Å². The molecule has 0 aromatic carbocycles. The Labute approximate surface area is 109 Å². The van der Waals surface area contributed by atoms with E-state index in [4.69, 9.17) is 0 Å². The van der Waals surface area contributed by atoms with Crippen LogP contribution in [0.15, 0.2) is 0 Å². The maximum absolute atomic E-state index is 12.7. The summed E-state index contributed by atoms with van der Waals surface area (Å²) in [5.74, 6) is 0. The van der Waals surface area contributed by atoms with E-state index in [0.29, 0.717) is 23.2 Å². The highest BCUT2D eigenvalue weighted by Gasteiger charge is 2.37. The van der Waals surface area contributed by atoms with E-state index in [9.17, 15) is 13.2 Å². The van der Waals surface area contributed by atoms with Crippen molar-refractivity contribution in [2.24, 2.45) is 0 Å². The summed E-state index contributed by atoms with van der Waals surface area (Å²) in [6, 6.07) is 0.481. The lowest BCUT2D eigenvalue weighted by Gasteiger charge is -2.17. The van der Waals surface area contributed by atoms with E-state index in [1.807, 2.05) is 20.8 Å².